The third-order valence-electron chi connectivity index (χ3n) is 2.40. The Morgan fingerprint density at radius 2 is 1.93 bits per heavy atom. The molecule has 0 amide bonds. The fraction of sp³-hybridized carbons (Fsp3) is 0.231. The van der Waals surface area contributed by atoms with Gasteiger partial charge in [0.05, 0.1) is 5.71 Å². The second kappa shape index (κ2) is 3.81. The van der Waals surface area contributed by atoms with E-state index in [4.69, 9.17) is 0 Å². The van der Waals surface area contributed by atoms with Gasteiger partial charge in [0.2, 0.25) is 0 Å². The number of carbonyl (C=O) groups excluding carboxylic acids is 1. The number of ketones is 1. The van der Waals surface area contributed by atoms with Crippen LogP contribution in [0.4, 0.5) is 0 Å². The number of rotatable bonds is 3. The maximum absolute atomic E-state index is 10.9. The van der Waals surface area contributed by atoms with Gasteiger partial charge >= 0.3 is 0 Å². The van der Waals surface area contributed by atoms with Crippen molar-refractivity contribution < 1.29 is 4.79 Å². The maximum atomic E-state index is 10.9. The molecule has 1 unspecified atom stereocenters. The minimum Gasteiger partial charge on any atom is -0.297 e. The molecule has 0 fully saturated rings. The molecule has 0 saturated carbocycles. The molecule has 1 aliphatic heterocycles. The van der Waals surface area contributed by atoms with Crippen molar-refractivity contribution >= 4 is 17.6 Å². The summed E-state index contributed by atoms with van der Waals surface area (Å²) in [6, 6.07) is 8.08. The van der Waals surface area contributed by atoms with Gasteiger partial charge in [0.1, 0.15) is 6.04 Å². The highest BCUT2D eigenvalue weighted by atomic mass is 16.1. The number of hydrogen-bond donors (Lipinski definition) is 0. The van der Waals surface area contributed by atoms with Gasteiger partial charge in [-0.1, -0.05) is 35.9 Å². The summed E-state index contributed by atoms with van der Waals surface area (Å²) < 4.78 is 0. The lowest BCUT2D eigenvalue weighted by molar-refractivity contribution is -0.116. The molecule has 1 aliphatic rings. The fourth-order valence-corrected chi connectivity index (χ4v) is 1.40. The van der Waals surface area contributed by atoms with Gasteiger partial charge in [-0.15, -0.1) is 0 Å². The van der Waals surface area contributed by atoms with Crippen molar-refractivity contribution in [1.29, 1.82) is 0 Å². The molecule has 0 aromatic heterocycles. The van der Waals surface area contributed by atoms with Crippen LogP contribution in [-0.4, -0.2) is 17.5 Å². The lowest BCUT2D eigenvalue weighted by Gasteiger charge is -1.93. The second-order valence-electron chi connectivity index (χ2n) is 3.81. The molecule has 2 nitrogen and oxygen atoms in total. The summed E-state index contributed by atoms with van der Waals surface area (Å²) in [5, 5.41) is 0. The first-order valence-corrected chi connectivity index (χ1v) is 5.00. The third-order valence-corrected chi connectivity index (χ3v) is 2.40. The highest BCUT2D eigenvalue weighted by molar-refractivity contribution is 6.23. The summed E-state index contributed by atoms with van der Waals surface area (Å²) in [7, 11) is 0. The summed E-state index contributed by atoms with van der Waals surface area (Å²) in [5.74, 6) is 0.124. The minimum absolute atomic E-state index is 0.124. The van der Waals surface area contributed by atoms with Crippen LogP contribution in [0.3, 0.4) is 0 Å². The van der Waals surface area contributed by atoms with E-state index in [2.05, 4.69) is 36.2 Å². The van der Waals surface area contributed by atoms with Crippen LogP contribution in [-0.2, 0) is 4.79 Å². The molecular weight excluding hydrogens is 186 g/mol. The lowest BCUT2D eigenvalue weighted by Crippen LogP contribution is -2.05. The van der Waals surface area contributed by atoms with Gasteiger partial charge in [-0.05, 0) is 25.5 Å². The first kappa shape index (κ1) is 9.84. The Labute approximate surface area is 89.3 Å². The van der Waals surface area contributed by atoms with Gasteiger partial charge in [0, 0.05) is 0 Å². The molecular formula is C13H13NO. The molecule has 0 spiro atoms. The summed E-state index contributed by atoms with van der Waals surface area (Å²) in [6.45, 7) is 3.63. The van der Waals surface area contributed by atoms with E-state index in [-0.39, 0.29) is 11.8 Å². The van der Waals surface area contributed by atoms with Crippen molar-refractivity contribution in [2.45, 2.75) is 19.9 Å². The van der Waals surface area contributed by atoms with Gasteiger partial charge in [0.15, 0.2) is 5.78 Å². The summed E-state index contributed by atoms with van der Waals surface area (Å²) in [6.07, 6.45) is 3.90. The van der Waals surface area contributed by atoms with Gasteiger partial charge in [-0.3, -0.25) is 9.79 Å². The second-order valence-corrected chi connectivity index (χ2v) is 3.81. The Bertz CT molecular complexity index is 440. The van der Waals surface area contributed by atoms with E-state index in [0.29, 0.717) is 0 Å². The van der Waals surface area contributed by atoms with Gasteiger partial charge < -0.3 is 0 Å². The lowest BCUT2D eigenvalue weighted by atomic mass is 10.1. The molecule has 0 N–H and O–H groups in total. The topological polar surface area (TPSA) is 29.4 Å². The molecule has 1 heterocycles. The Kier molecular flexibility index (Phi) is 2.50. The Balaban J connectivity index is 1.99. The van der Waals surface area contributed by atoms with Crippen LogP contribution in [0.2, 0.25) is 0 Å². The Hall–Kier alpha value is -1.70. The molecule has 1 aromatic rings. The van der Waals surface area contributed by atoms with Gasteiger partial charge in [-0.25, -0.2) is 0 Å². The predicted octanol–water partition coefficient (Wildman–Crippen LogP) is 2.42. The number of Topliss-reactive ketones (excluding diaryl/α,β-unsaturated/α-hetero) is 1. The normalized spacial score (nSPS) is 19.1. The highest BCUT2D eigenvalue weighted by Crippen LogP contribution is 2.15. The minimum atomic E-state index is -0.160. The van der Waals surface area contributed by atoms with E-state index in [1.54, 1.807) is 6.92 Å². The van der Waals surface area contributed by atoms with Crippen LogP contribution >= 0.6 is 0 Å². The van der Waals surface area contributed by atoms with E-state index < -0.39 is 0 Å². The summed E-state index contributed by atoms with van der Waals surface area (Å²) in [4.78, 5) is 15.0. The SMILES string of the molecule is CC(=O)C1N=C1/C=C/c1ccc(C)cc1. The number of carbonyl (C=O) groups is 1. The fourth-order valence-electron chi connectivity index (χ4n) is 1.40. The standard InChI is InChI=1S/C13H13NO/c1-9-3-5-11(6-4-9)7-8-12-13(14-12)10(2)15/h3-8,13H,1-2H3/b8-7+. The number of aliphatic imine (C=N–C) groups is 1. The molecule has 1 aromatic carbocycles. The monoisotopic (exact) mass is 199 g/mol. The summed E-state index contributed by atoms with van der Waals surface area (Å²) in [5.41, 5.74) is 3.28. The van der Waals surface area contributed by atoms with Gasteiger partial charge in [0.25, 0.3) is 0 Å². The van der Waals surface area contributed by atoms with Crippen LogP contribution in [0.25, 0.3) is 6.08 Å². The average molecular weight is 199 g/mol. The number of aryl methyl sites for hydroxylation is 1. The predicted molar refractivity (Wildman–Crippen MR) is 62.1 cm³/mol. The van der Waals surface area contributed by atoms with Crippen molar-refractivity contribution in [1.82, 2.24) is 0 Å². The molecule has 0 radical (unpaired) electrons. The third kappa shape index (κ3) is 2.40. The first-order valence-electron chi connectivity index (χ1n) is 5.00. The highest BCUT2D eigenvalue weighted by Gasteiger charge is 2.29. The van der Waals surface area contributed by atoms with Crippen molar-refractivity contribution in [3.05, 3.63) is 41.5 Å². The van der Waals surface area contributed by atoms with E-state index >= 15 is 0 Å². The Morgan fingerprint density at radius 3 is 2.47 bits per heavy atom. The average Bonchev–Trinajstić information content (AvgIpc) is 2.96. The van der Waals surface area contributed by atoms with Crippen LogP contribution in [0.1, 0.15) is 18.1 Å². The van der Waals surface area contributed by atoms with Crippen molar-refractivity contribution in [3.63, 3.8) is 0 Å². The molecule has 2 rings (SSSR count). The zero-order valence-corrected chi connectivity index (χ0v) is 8.90. The van der Waals surface area contributed by atoms with Crippen LogP contribution in [0.5, 0.6) is 0 Å². The first-order chi connectivity index (χ1) is 7.16. The molecule has 0 aliphatic carbocycles. The van der Waals surface area contributed by atoms with Crippen LogP contribution in [0.15, 0.2) is 35.3 Å². The smallest absolute Gasteiger partial charge is 0.160 e. The van der Waals surface area contributed by atoms with E-state index in [0.717, 1.165) is 11.3 Å². The number of nitrogens with zero attached hydrogens (tertiary/aromatic N) is 1. The van der Waals surface area contributed by atoms with E-state index in [1.165, 1.54) is 5.56 Å². The Morgan fingerprint density at radius 1 is 1.27 bits per heavy atom. The molecule has 1 atom stereocenters. The number of hydrogen-bond acceptors (Lipinski definition) is 2. The molecule has 0 bridgehead atoms. The number of benzene rings is 1. The maximum Gasteiger partial charge on any atom is 0.160 e. The van der Waals surface area contributed by atoms with Crippen molar-refractivity contribution in [3.8, 4) is 0 Å². The van der Waals surface area contributed by atoms with Crippen LogP contribution in [0, 0.1) is 6.92 Å². The van der Waals surface area contributed by atoms with Gasteiger partial charge in [-0.2, -0.15) is 0 Å². The van der Waals surface area contributed by atoms with Crippen molar-refractivity contribution in [2.24, 2.45) is 4.99 Å². The summed E-state index contributed by atoms with van der Waals surface area (Å²) >= 11 is 0. The zero-order valence-electron chi connectivity index (χ0n) is 8.90. The van der Waals surface area contributed by atoms with E-state index in [9.17, 15) is 4.79 Å². The van der Waals surface area contributed by atoms with Crippen molar-refractivity contribution in [2.75, 3.05) is 0 Å². The van der Waals surface area contributed by atoms with Crippen LogP contribution < -0.4 is 0 Å². The molecule has 76 valence electrons. The zero-order chi connectivity index (χ0) is 10.8. The molecule has 2 heteroatoms. The van der Waals surface area contributed by atoms with E-state index in [1.807, 2.05) is 12.2 Å². The molecule has 0 saturated heterocycles. The quantitative estimate of drug-likeness (QED) is 0.735. The molecule has 15 heavy (non-hydrogen) atoms. The largest absolute Gasteiger partial charge is 0.297 e.